The molecule has 2 heterocycles. The molecule has 0 aliphatic carbocycles. The maximum Gasteiger partial charge on any atom is 0.136 e. The minimum absolute atomic E-state index is 0.0781. The summed E-state index contributed by atoms with van der Waals surface area (Å²) in [7, 11) is 0. The summed E-state index contributed by atoms with van der Waals surface area (Å²) in [5.41, 5.74) is 15.6. The first-order valence-corrected chi connectivity index (χ1v) is 14.6. The second-order valence-electron chi connectivity index (χ2n) is 10.8. The Bertz CT molecular complexity index is 2180. The van der Waals surface area contributed by atoms with Gasteiger partial charge in [-0.3, -0.25) is 5.32 Å². The normalized spacial score (nSPS) is 12.4. The van der Waals surface area contributed by atoms with E-state index in [1.54, 1.807) is 0 Å². The lowest BCUT2D eigenvalue weighted by molar-refractivity contribution is 0.470. The van der Waals surface area contributed by atoms with Gasteiger partial charge in [0.25, 0.3) is 0 Å². The molecule has 6 aromatic carbocycles. The fourth-order valence-corrected chi connectivity index (χ4v) is 6.03. The summed E-state index contributed by atoms with van der Waals surface area (Å²) in [6.07, 6.45) is -0.0781. The molecule has 0 spiro atoms. The largest absolute Gasteiger partial charge is 0.456 e. The minimum Gasteiger partial charge on any atom is -0.456 e. The van der Waals surface area contributed by atoms with E-state index in [-0.39, 0.29) is 6.17 Å². The molecule has 0 aliphatic rings. The van der Waals surface area contributed by atoms with Gasteiger partial charge in [-0.05, 0) is 59.7 Å². The van der Waals surface area contributed by atoms with Crippen molar-refractivity contribution in [3.05, 3.63) is 157 Å². The zero-order valence-corrected chi connectivity index (χ0v) is 23.5. The predicted octanol–water partition coefficient (Wildman–Crippen LogP) is 9.09. The van der Waals surface area contributed by atoms with Crippen molar-refractivity contribution in [1.82, 2.24) is 15.3 Å². The first-order valence-electron chi connectivity index (χ1n) is 14.6. The highest BCUT2D eigenvalue weighted by atomic mass is 16.3. The fraction of sp³-hybridized carbons (Fsp3) is 0.0526. The van der Waals surface area contributed by atoms with Crippen molar-refractivity contribution in [2.75, 3.05) is 5.43 Å². The van der Waals surface area contributed by atoms with Gasteiger partial charge >= 0.3 is 0 Å². The van der Waals surface area contributed by atoms with Gasteiger partial charge in [0.15, 0.2) is 0 Å². The Morgan fingerprint density at radius 2 is 1.26 bits per heavy atom. The molecule has 43 heavy (non-hydrogen) atoms. The van der Waals surface area contributed by atoms with E-state index in [0.29, 0.717) is 0 Å². The van der Waals surface area contributed by atoms with E-state index in [1.807, 2.05) is 24.3 Å². The van der Waals surface area contributed by atoms with E-state index in [1.165, 1.54) is 21.9 Å². The molecule has 0 amide bonds. The molecule has 5 nitrogen and oxygen atoms in total. The van der Waals surface area contributed by atoms with Gasteiger partial charge in [-0.25, -0.2) is 5.43 Å². The fourth-order valence-electron chi connectivity index (χ4n) is 6.03. The second-order valence-corrected chi connectivity index (χ2v) is 10.8. The Balaban J connectivity index is 1.11. The lowest BCUT2D eigenvalue weighted by Crippen LogP contribution is -2.37. The SMILES string of the molecule is c1ccc(CNC(NNc2ccc(-n3c4ccccc4c4cc5oc6ccccc6c5cc43)cc2)c2ccccc2)cc1. The van der Waals surface area contributed by atoms with E-state index in [9.17, 15) is 0 Å². The average Bonchev–Trinajstić information content (AvgIpc) is 3.60. The highest BCUT2D eigenvalue weighted by Gasteiger charge is 2.16. The molecule has 8 rings (SSSR count). The van der Waals surface area contributed by atoms with Crippen molar-refractivity contribution >= 4 is 49.4 Å². The van der Waals surface area contributed by atoms with E-state index in [2.05, 4.69) is 142 Å². The molecule has 0 fully saturated rings. The Morgan fingerprint density at radius 1 is 0.558 bits per heavy atom. The molecule has 3 N–H and O–H groups in total. The summed E-state index contributed by atoms with van der Waals surface area (Å²) in [4.78, 5) is 0. The zero-order valence-electron chi connectivity index (χ0n) is 23.5. The maximum atomic E-state index is 6.23. The summed E-state index contributed by atoms with van der Waals surface area (Å²) in [6, 6.07) is 50.7. The van der Waals surface area contributed by atoms with Gasteiger partial charge in [-0.15, -0.1) is 0 Å². The molecule has 1 atom stereocenters. The lowest BCUT2D eigenvalue weighted by atomic mass is 10.1. The van der Waals surface area contributed by atoms with Gasteiger partial charge in [-0.2, -0.15) is 0 Å². The first-order chi connectivity index (χ1) is 21.3. The van der Waals surface area contributed by atoms with E-state index < -0.39 is 0 Å². The van der Waals surface area contributed by atoms with Crippen molar-refractivity contribution in [3.8, 4) is 5.69 Å². The van der Waals surface area contributed by atoms with E-state index >= 15 is 0 Å². The summed E-state index contributed by atoms with van der Waals surface area (Å²) in [6.45, 7) is 0.751. The molecule has 5 heteroatoms. The highest BCUT2D eigenvalue weighted by molar-refractivity contribution is 6.17. The van der Waals surface area contributed by atoms with Crippen molar-refractivity contribution in [2.45, 2.75) is 12.7 Å². The molecular formula is C38H30N4O. The van der Waals surface area contributed by atoms with Gasteiger partial charge in [-0.1, -0.05) is 97.1 Å². The standard InChI is InChI=1S/C38H30N4O/c1-3-11-26(12-4-1)25-39-38(27-13-5-2-6-14-27)41-40-28-19-21-29(22-20-28)42-34-17-9-7-15-30(34)32-24-37-33(23-35(32)42)31-16-8-10-18-36(31)43-37/h1-24,38-41H,25H2. The van der Waals surface area contributed by atoms with Crippen LogP contribution in [0, 0.1) is 0 Å². The van der Waals surface area contributed by atoms with Gasteiger partial charge in [0.05, 0.1) is 11.0 Å². The maximum absolute atomic E-state index is 6.23. The molecule has 1 unspecified atom stereocenters. The number of nitrogens with zero attached hydrogens (tertiary/aromatic N) is 1. The van der Waals surface area contributed by atoms with Crippen LogP contribution in [0.2, 0.25) is 0 Å². The van der Waals surface area contributed by atoms with Gasteiger partial charge < -0.3 is 14.4 Å². The molecule has 0 saturated heterocycles. The van der Waals surface area contributed by atoms with Crippen LogP contribution in [0.3, 0.4) is 0 Å². The number of hydrogen-bond acceptors (Lipinski definition) is 4. The Labute approximate surface area is 249 Å². The molecule has 0 saturated carbocycles. The Hall–Kier alpha value is -5.36. The number of fused-ring (bicyclic) bond motifs is 6. The van der Waals surface area contributed by atoms with E-state index in [0.717, 1.165) is 50.9 Å². The van der Waals surface area contributed by atoms with Gasteiger partial charge in [0.2, 0.25) is 0 Å². The van der Waals surface area contributed by atoms with Crippen LogP contribution in [-0.4, -0.2) is 4.57 Å². The quantitative estimate of drug-likeness (QED) is 0.129. The predicted molar refractivity (Wildman–Crippen MR) is 177 cm³/mol. The summed E-state index contributed by atoms with van der Waals surface area (Å²) >= 11 is 0. The van der Waals surface area contributed by atoms with E-state index in [4.69, 9.17) is 4.42 Å². The molecule has 2 aromatic heterocycles. The van der Waals surface area contributed by atoms with Crippen LogP contribution in [0.15, 0.2) is 150 Å². The lowest BCUT2D eigenvalue weighted by Gasteiger charge is -2.22. The highest BCUT2D eigenvalue weighted by Crippen LogP contribution is 2.38. The number of aromatic nitrogens is 1. The monoisotopic (exact) mass is 558 g/mol. The third-order valence-electron chi connectivity index (χ3n) is 8.14. The summed E-state index contributed by atoms with van der Waals surface area (Å²) in [5, 5.41) is 8.29. The Kier molecular flexibility index (Phi) is 6.37. The molecule has 0 aliphatic heterocycles. The number of para-hydroxylation sites is 2. The zero-order chi connectivity index (χ0) is 28.6. The third-order valence-corrected chi connectivity index (χ3v) is 8.14. The summed E-state index contributed by atoms with van der Waals surface area (Å²) in [5.74, 6) is 0. The number of furan rings is 1. The van der Waals surface area contributed by atoms with Crippen molar-refractivity contribution in [1.29, 1.82) is 0 Å². The number of benzene rings is 6. The van der Waals surface area contributed by atoms with Crippen LogP contribution >= 0.6 is 0 Å². The van der Waals surface area contributed by atoms with Crippen LogP contribution < -0.4 is 16.2 Å². The van der Waals surface area contributed by atoms with Crippen molar-refractivity contribution < 1.29 is 4.42 Å². The smallest absolute Gasteiger partial charge is 0.136 e. The topological polar surface area (TPSA) is 54.2 Å². The number of nitrogens with one attached hydrogen (secondary N) is 3. The number of hydrazine groups is 1. The number of hydrogen-bond donors (Lipinski definition) is 3. The van der Waals surface area contributed by atoms with Crippen LogP contribution in [0.5, 0.6) is 0 Å². The molecule has 0 radical (unpaired) electrons. The van der Waals surface area contributed by atoms with Gasteiger partial charge in [0, 0.05) is 39.5 Å². The molecular weight excluding hydrogens is 528 g/mol. The average molecular weight is 559 g/mol. The second kappa shape index (κ2) is 10.8. The van der Waals surface area contributed by atoms with Crippen molar-refractivity contribution in [2.24, 2.45) is 0 Å². The minimum atomic E-state index is -0.0781. The van der Waals surface area contributed by atoms with Crippen LogP contribution in [0.1, 0.15) is 17.3 Å². The first kappa shape index (κ1) is 25.4. The molecule has 208 valence electrons. The summed E-state index contributed by atoms with van der Waals surface area (Å²) < 4.78 is 8.58. The van der Waals surface area contributed by atoms with Gasteiger partial charge in [0.1, 0.15) is 17.3 Å². The number of rotatable bonds is 8. The van der Waals surface area contributed by atoms with Crippen LogP contribution in [0.25, 0.3) is 49.4 Å². The third kappa shape index (κ3) is 4.71. The van der Waals surface area contributed by atoms with Crippen LogP contribution in [-0.2, 0) is 6.54 Å². The van der Waals surface area contributed by atoms with Crippen molar-refractivity contribution in [3.63, 3.8) is 0 Å². The molecule has 0 bridgehead atoms. The number of anilines is 1. The molecule has 8 aromatic rings. The Morgan fingerprint density at radius 3 is 2.07 bits per heavy atom. The van der Waals surface area contributed by atoms with Crippen LogP contribution in [0.4, 0.5) is 5.69 Å².